The average Bonchev–Trinajstić information content (AvgIpc) is 3.29. The van der Waals surface area contributed by atoms with Gasteiger partial charge in [-0.2, -0.15) is 0 Å². The van der Waals surface area contributed by atoms with Crippen LogP contribution in [0.15, 0.2) is 53.4 Å². The van der Waals surface area contributed by atoms with Gasteiger partial charge in [-0.25, -0.2) is 9.78 Å². The largest absolute Gasteiger partial charge is 0.496 e. The number of esters is 1. The van der Waals surface area contributed by atoms with Gasteiger partial charge >= 0.3 is 5.97 Å². The fourth-order valence-corrected chi connectivity index (χ4v) is 3.13. The van der Waals surface area contributed by atoms with E-state index in [0.717, 1.165) is 11.3 Å². The number of rotatable bonds is 8. The van der Waals surface area contributed by atoms with E-state index in [0.29, 0.717) is 29.2 Å². The quantitative estimate of drug-likeness (QED) is 0.571. The summed E-state index contributed by atoms with van der Waals surface area (Å²) in [5, 5.41) is 4.75. The number of amides is 1. The van der Waals surface area contributed by atoms with Crippen LogP contribution in [0.25, 0.3) is 0 Å². The molecule has 150 valence electrons. The van der Waals surface area contributed by atoms with Crippen molar-refractivity contribution in [2.75, 3.05) is 14.2 Å². The van der Waals surface area contributed by atoms with Gasteiger partial charge in [-0.05, 0) is 42.0 Å². The zero-order valence-corrected chi connectivity index (χ0v) is 16.8. The van der Waals surface area contributed by atoms with E-state index < -0.39 is 5.97 Å². The maximum absolute atomic E-state index is 12.4. The Morgan fingerprint density at radius 3 is 2.55 bits per heavy atom. The molecule has 0 radical (unpaired) electrons. The molecule has 0 unspecified atom stereocenters. The Balaban J connectivity index is 1.58. The Hall–Kier alpha value is -3.39. The molecule has 8 heteroatoms. The molecule has 0 aliphatic rings. The van der Waals surface area contributed by atoms with Gasteiger partial charge < -0.3 is 19.5 Å². The number of methoxy groups -OCH3 is 2. The Morgan fingerprint density at radius 1 is 1.10 bits per heavy atom. The molecule has 1 amide bonds. The van der Waals surface area contributed by atoms with E-state index in [1.165, 1.54) is 25.6 Å². The summed E-state index contributed by atoms with van der Waals surface area (Å²) >= 11 is 1.51. The Labute approximate surface area is 172 Å². The third-order valence-electron chi connectivity index (χ3n) is 4.11. The lowest BCUT2D eigenvalue weighted by atomic mass is 10.1. The van der Waals surface area contributed by atoms with E-state index >= 15 is 0 Å². The number of hydrogen-bond acceptors (Lipinski definition) is 7. The summed E-state index contributed by atoms with van der Waals surface area (Å²) in [5.41, 5.74) is 4.18. The summed E-state index contributed by atoms with van der Waals surface area (Å²) in [6.07, 6.45) is 0. The lowest BCUT2D eigenvalue weighted by molar-refractivity contribution is 0.0597. The van der Waals surface area contributed by atoms with Crippen LogP contribution in [0, 0.1) is 0 Å². The van der Waals surface area contributed by atoms with Crippen LogP contribution >= 0.6 is 11.3 Å². The monoisotopic (exact) mass is 412 g/mol. The Morgan fingerprint density at radius 2 is 1.90 bits per heavy atom. The number of hydrogen-bond donors (Lipinski definition) is 1. The fourth-order valence-electron chi connectivity index (χ4n) is 2.59. The molecule has 0 saturated heterocycles. The minimum Gasteiger partial charge on any atom is -0.496 e. The van der Waals surface area contributed by atoms with E-state index in [-0.39, 0.29) is 12.5 Å². The highest BCUT2D eigenvalue weighted by Crippen LogP contribution is 2.21. The van der Waals surface area contributed by atoms with Crippen molar-refractivity contribution in [2.45, 2.75) is 13.2 Å². The molecular weight excluding hydrogens is 392 g/mol. The fraction of sp³-hybridized carbons (Fsp3) is 0.190. The topological polar surface area (TPSA) is 86.8 Å². The standard InChI is InChI=1S/C21H20N2O5S/c1-26-19-8-3-14(9-18(19)21(25)27-2)10-22-20(24)15-4-6-17(7-5-15)28-11-16-12-29-13-23-16/h3-9,12-13H,10-11H2,1-2H3,(H,22,24). The molecule has 3 aromatic rings. The predicted octanol–water partition coefficient (Wildman–Crippen LogP) is 3.45. The maximum Gasteiger partial charge on any atom is 0.341 e. The van der Waals surface area contributed by atoms with E-state index in [2.05, 4.69) is 10.3 Å². The first-order chi connectivity index (χ1) is 14.1. The SMILES string of the molecule is COC(=O)c1cc(CNC(=O)c2ccc(OCc3cscn3)cc2)ccc1OC. The van der Waals surface area contributed by atoms with Gasteiger partial charge in [0.05, 0.1) is 25.4 Å². The second-order valence-electron chi connectivity index (χ2n) is 6.00. The first kappa shape index (κ1) is 20.3. The highest BCUT2D eigenvalue weighted by atomic mass is 32.1. The van der Waals surface area contributed by atoms with Gasteiger partial charge in [-0.15, -0.1) is 11.3 Å². The van der Waals surface area contributed by atoms with Crippen molar-refractivity contribution in [2.24, 2.45) is 0 Å². The molecule has 0 bridgehead atoms. The van der Waals surface area contributed by atoms with Gasteiger partial charge in [0.1, 0.15) is 23.7 Å². The molecule has 0 saturated carbocycles. The van der Waals surface area contributed by atoms with Crippen LogP contribution in [0.3, 0.4) is 0 Å². The highest BCUT2D eigenvalue weighted by molar-refractivity contribution is 7.07. The molecule has 1 aromatic heterocycles. The number of nitrogens with one attached hydrogen (secondary N) is 1. The molecule has 0 aliphatic carbocycles. The number of aromatic nitrogens is 1. The molecule has 0 aliphatic heterocycles. The number of nitrogens with zero attached hydrogens (tertiary/aromatic N) is 1. The normalized spacial score (nSPS) is 10.3. The van der Waals surface area contributed by atoms with E-state index in [4.69, 9.17) is 14.2 Å². The van der Waals surface area contributed by atoms with E-state index in [1.54, 1.807) is 48.0 Å². The average molecular weight is 412 g/mol. The molecule has 3 rings (SSSR count). The van der Waals surface area contributed by atoms with Crippen LogP contribution in [0.2, 0.25) is 0 Å². The van der Waals surface area contributed by atoms with Crippen molar-refractivity contribution in [3.05, 3.63) is 75.7 Å². The van der Waals surface area contributed by atoms with Gasteiger partial charge in [-0.1, -0.05) is 6.07 Å². The lowest BCUT2D eigenvalue weighted by Gasteiger charge is -2.10. The summed E-state index contributed by atoms with van der Waals surface area (Å²) in [5.74, 6) is 0.349. The first-order valence-electron chi connectivity index (χ1n) is 8.74. The van der Waals surface area contributed by atoms with Crippen LogP contribution in [0.1, 0.15) is 32.0 Å². The summed E-state index contributed by atoms with van der Waals surface area (Å²) in [6, 6.07) is 12.0. The molecule has 0 spiro atoms. The minimum atomic E-state index is -0.497. The number of carbonyl (C=O) groups is 2. The zero-order chi connectivity index (χ0) is 20.6. The predicted molar refractivity (Wildman–Crippen MR) is 108 cm³/mol. The molecular formula is C21H20N2O5S. The molecule has 1 N–H and O–H groups in total. The molecule has 2 aromatic carbocycles. The van der Waals surface area contributed by atoms with Gasteiger partial charge in [0.15, 0.2) is 0 Å². The second-order valence-corrected chi connectivity index (χ2v) is 6.72. The lowest BCUT2D eigenvalue weighted by Crippen LogP contribution is -2.23. The highest BCUT2D eigenvalue weighted by Gasteiger charge is 2.14. The maximum atomic E-state index is 12.4. The molecule has 7 nitrogen and oxygen atoms in total. The van der Waals surface area contributed by atoms with Crippen LogP contribution in [-0.2, 0) is 17.9 Å². The van der Waals surface area contributed by atoms with Gasteiger partial charge in [-0.3, -0.25) is 4.79 Å². The van der Waals surface area contributed by atoms with Gasteiger partial charge in [0.2, 0.25) is 0 Å². The number of thiazole rings is 1. The van der Waals surface area contributed by atoms with Crippen LogP contribution in [0.4, 0.5) is 0 Å². The van der Waals surface area contributed by atoms with Crippen molar-refractivity contribution in [3.63, 3.8) is 0 Å². The summed E-state index contributed by atoms with van der Waals surface area (Å²) in [6.45, 7) is 0.643. The van der Waals surface area contributed by atoms with Crippen LogP contribution in [-0.4, -0.2) is 31.1 Å². The molecule has 29 heavy (non-hydrogen) atoms. The summed E-state index contributed by atoms with van der Waals surface area (Å²) < 4.78 is 15.6. The van der Waals surface area contributed by atoms with Gasteiger partial charge in [0.25, 0.3) is 5.91 Å². The van der Waals surface area contributed by atoms with E-state index in [9.17, 15) is 9.59 Å². The Bertz CT molecular complexity index is 971. The smallest absolute Gasteiger partial charge is 0.341 e. The van der Waals surface area contributed by atoms with Crippen molar-refractivity contribution in [1.29, 1.82) is 0 Å². The second kappa shape index (κ2) is 9.70. The van der Waals surface area contributed by atoms with Crippen molar-refractivity contribution >= 4 is 23.2 Å². The molecule has 0 fully saturated rings. The third-order valence-corrected chi connectivity index (χ3v) is 4.74. The molecule has 1 heterocycles. The summed E-state index contributed by atoms with van der Waals surface area (Å²) in [7, 11) is 2.79. The zero-order valence-electron chi connectivity index (χ0n) is 16.0. The van der Waals surface area contributed by atoms with E-state index in [1.807, 2.05) is 5.38 Å². The number of benzene rings is 2. The molecule has 0 atom stereocenters. The van der Waals surface area contributed by atoms with Crippen LogP contribution in [0.5, 0.6) is 11.5 Å². The van der Waals surface area contributed by atoms with Crippen molar-refractivity contribution < 1.29 is 23.8 Å². The van der Waals surface area contributed by atoms with Gasteiger partial charge in [0, 0.05) is 17.5 Å². The number of ether oxygens (including phenoxy) is 3. The van der Waals surface area contributed by atoms with Crippen molar-refractivity contribution in [1.82, 2.24) is 10.3 Å². The minimum absolute atomic E-state index is 0.230. The first-order valence-corrected chi connectivity index (χ1v) is 9.68. The van der Waals surface area contributed by atoms with Crippen molar-refractivity contribution in [3.8, 4) is 11.5 Å². The van der Waals surface area contributed by atoms with Crippen LogP contribution < -0.4 is 14.8 Å². The third kappa shape index (κ3) is 5.32. The number of carbonyl (C=O) groups excluding carboxylic acids is 2. The Kier molecular flexibility index (Phi) is 6.80. The summed E-state index contributed by atoms with van der Waals surface area (Å²) in [4.78, 5) is 28.4.